The van der Waals surface area contributed by atoms with E-state index >= 15 is 0 Å². The maximum atomic E-state index is 11.6. The van der Waals surface area contributed by atoms with E-state index in [2.05, 4.69) is 24.9 Å². The van der Waals surface area contributed by atoms with Crippen LogP contribution in [0.2, 0.25) is 10.3 Å². The molecule has 0 aliphatic heterocycles. The van der Waals surface area contributed by atoms with Crippen LogP contribution in [0.3, 0.4) is 0 Å². The molecule has 0 bridgehead atoms. The molecule has 2 aromatic rings. The van der Waals surface area contributed by atoms with Crippen molar-refractivity contribution >= 4 is 46.3 Å². The quantitative estimate of drug-likeness (QED) is 0.847. The van der Waals surface area contributed by atoms with Crippen molar-refractivity contribution in [2.75, 3.05) is 5.32 Å². The molecule has 0 aliphatic carbocycles. The number of rotatable bonds is 2. The van der Waals surface area contributed by atoms with Crippen LogP contribution in [-0.2, 0) is 0 Å². The third-order valence-corrected chi connectivity index (χ3v) is 2.66. The topological polar surface area (TPSA) is 80.7 Å². The van der Waals surface area contributed by atoms with E-state index < -0.39 is 5.91 Å². The molecular weight excluding hydrogens is 273 g/mol. The summed E-state index contributed by atoms with van der Waals surface area (Å²) in [5.41, 5.74) is 0.338. The summed E-state index contributed by atoms with van der Waals surface area (Å²) < 4.78 is 3.56. The van der Waals surface area contributed by atoms with Crippen molar-refractivity contribution in [3.63, 3.8) is 0 Å². The lowest BCUT2D eigenvalue weighted by molar-refractivity contribution is 0.102. The van der Waals surface area contributed by atoms with E-state index in [1.165, 1.54) is 11.7 Å². The minimum atomic E-state index is -0.465. The summed E-state index contributed by atoms with van der Waals surface area (Å²) in [6.45, 7) is 0. The van der Waals surface area contributed by atoms with E-state index in [0.717, 1.165) is 11.5 Å². The van der Waals surface area contributed by atoms with Gasteiger partial charge < -0.3 is 5.32 Å². The number of carbonyl (C=O) groups is 1. The molecule has 0 saturated carbocycles. The van der Waals surface area contributed by atoms with Crippen LogP contribution in [0, 0.1) is 0 Å². The van der Waals surface area contributed by atoms with Crippen LogP contribution >= 0.6 is 34.7 Å². The fourth-order valence-electron chi connectivity index (χ4n) is 0.889. The molecule has 1 N–H and O–H groups in total. The van der Waals surface area contributed by atoms with Crippen molar-refractivity contribution in [2.24, 2.45) is 0 Å². The highest BCUT2D eigenvalue weighted by Crippen LogP contribution is 2.25. The summed E-state index contributed by atoms with van der Waals surface area (Å²) in [4.78, 5) is 19.0. The molecule has 2 heterocycles. The first-order valence-corrected chi connectivity index (χ1v) is 5.52. The minimum Gasteiger partial charge on any atom is -0.315 e. The van der Waals surface area contributed by atoms with Gasteiger partial charge in [0.1, 0.15) is 12.0 Å². The Morgan fingerprint density at radius 2 is 2.00 bits per heavy atom. The van der Waals surface area contributed by atoms with E-state index in [-0.39, 0.29) is 21.7 Å². The summed E-state index contributed by atoms with van der Waals surface area (Å²) in [7, 11) is 0. The van der Waals surface area contributed by atoms with Crippen LogP contribution in [0.4, 0.5) is 5.69 Å². The molecule has 0 fully saturated rings. The maximum Gasteiger partial charge on any atom is 0.277 e. The predicted molar refractivity (Wildman–Crippen MR) is 59.9 cm³/mol. The predicted octanol–water partition coefficient (Wildman–Crippen LogP) is 1.89. The average molecular weight is 276 g/mol. The van der Waals surface area contributed by atoms with E-state index in [1.807, 2.05) is 0 Å². The molecule has 0 spiro atoms. The average Bonchev–Trinajstić information content (AvgIpc) is 2.76. The Morgan fingerprint density at radius 3 is 2.56 bits per heavy atom. The molecule has 82 valence electrons. The lowest BCUT2D eigenvalue weighted by Crippen LogP contribution is -2.13. The molecule has 6 nitrogen and oxygen atoms in total. The molecule has 0 saturated heterocycles. The molecule has 0 aromatic carbocycles. The third kappa shape index (κ3) is 2.26. The lowest BCUT2D eigenvalue weighted by atomic mass is 10.4. The Kier molecular flexibility index (Phi) is 3.28. The summed E-state index contributed by atoms with van der Waals surface area (Å²) in [5.74, 6) is -0.465. The second kappa shape index (κ2) is 4.69. The largest absolute Gasteiger partial charge is 0.315 e. The van der Waals surface area contributed by atoms with Gasteiger partial charge in [-0.05, 0) is 11.5 Å². The van der Waals surface area contributed by atoms with Gasteiger partial charge in [-0.2, -0.15) is 0 Å². The summed E-state index contributed by atoms with van der Waals surface area (Å²) >= 11 is 12.6. The first-order valence-electron chi connectivity index (χ1n) is 3.93. The molecular formula is C7H3Cl2N5OS. The number of nitrogens with zero attached hydrogens (tertiary/aromatic N) is 4. The van der Waals surface area contributed by atoms with Crippen LogP contribution in [0.5, 0.6) is 0 Å². The number of nitrogens with one attached hydrogen (secondary N) is 1. The van der Waals surface area contributed by atoms with E-state index in [1.54, 1.807) is 0 Å². The zero-order valence-electron chi connectivity index (χ0n) is 7.52. The minimum absolute atomic E-state index is 0.0662. The molecule has 0 radical (unpaired) electrons. The van der Waals surface area contributed by atoms with Gasteiger partial charge in [0.2, 0.25) is 0 Å². The van der Waals surface area contributed by atoms with Gasteiger partial charge in [-0.1, -0.05) is 27.7 Å². The van der Waals surface area contributed by atoms with Crippen molar-refractivity contribution in [1.82, 2.24) is 19.6 Å². The van der Waals surface area contributed by atoms with E-state index in [4.69, 9.17) is 23.2 Å². The standard InChI is InChI=1S/C7H3Cl2N5OS/c8-5-4(6(9)11-2-10-5)12-7(15)3-1-16-14-13-3/h1-2H,(H,12,15). The molecule has 0 unspecified atom stereocenters. The molecule has 0 aliphatic rings. The Morgan fingerprint density at radius 1 is 1.31 bits per heavy atom. The summed E-state index contributed by atoms with van der Waals surface area (Å²) in [5, 5.41) is 7.69. The Bertz CT molecular complexity index is 497. The fraction of sp³-hybridized carbons (Fsp3) is 0. The van der Waals surface area contributed by atoms with Crippen molar-refractivity contribution in [3.05, 3.63) is 27.7 Å². The molecule has 2 rings (SSSR count). The Labute approximate surface area is 104 Å². The normalized spacial score (nSPS) is 10.1. The van der Waals surface area contributed by atoms with Crippen molar-refractivity contribution in [2.45, 2.75) is 0 Å². The molecule has 1 amide bonds. The first kappa shape index (κ1) is 11.2. The first-order chi connectivity index (χ1) is 7.68. The fourth-order valence-corrected chi connectivity index (χ4v) is 1.73. The molecule has 16 heavy (non-hydrogen) atoms. The number of carbonyl (C=O) groups excluding carboxylic acids is 1. The van der Waals surface area contributed by atoms with Gasteiger partial charge in [0.25, 0.3) is 5.91 Å². The lowest BCUT2D eigenvalue weighted by Gasteiger charge is -2.05. The van der Waals surface area contributed by atoms with Crippen LogP contribution in [0.25, 0.3) is 0 Å². The zero-order valence-corrected chi connectivity index (χ0v) is 9.84. The number of aromatic nitrogens is 4. The van der Waals surface area contributed by atoms with Crippen molar-refractivity contribution in [1.29, 1.82) is 0 Å². The Hall–Kier alpha value is -1.31. The van der Waals surface area contributed by atoms with Crippen LogP contribution in [-0.4, -0.2) is 25.5 Å². The van der Waals surface area contributed by atoms with Crippen LogP contribution in [0.15, 0.2) is 11.7 Å². The van der Waals surface area contributed by atoms with Crippen molar-refractivity contribution in [3.8, 4) is 0 Å². The number of anilines is 1. The van der Waals surface area contributed by atoms with Gasteiger partial charge >= 0.3 is 0 Å². The maximum absolute atomic E-state index is 11.6. The smallest absolute Gasteiger partial charge is 0.277 e. The number of amides is 1. The van der Waals surface area contributed by atoms with Crippen molar-refractivity contribution < 1.29 is 4.79 Å². The summed E-state index contributed by atoms with van der Waals surface area (Å²) in [6, 6.07) is 0. The number of hydrogen-bond acceptors (Lipinski definition) is 6. The molecule has 9 heteroatoms. The van der Waals surface area contributed by atoms with Gasteiger partial charge in [0.15, 0.2) is 16.0 Å². The second-order valence-electron chi connectivity index (χ2n) is 2.57. The molecule has 2 aromatic heterocycles. The SMILES string of the molecule is O=C(Nc1c(Cl)ncnc1Cl)c1csnn1. The van der Waals surface area contributed by atoms with Gasteiger partial charge in [-0.15, -0.1) is 5.10 Å². The zero-order chi connectivity index (χ0) is 11.5. The third-order valence-electron chi connectivity index (χ3n) is 1.59. The van der Waals surface area contributed by atoms with Crippen LogP contribution in [0.1, 0.15) is 10.5 Å². The number of hydrogen-bond donors (Lipinski definition) is 1. The van der Waals surface area contributed by atoms with Gasteiger partial charge in [0, 0.05) is 5.38 Å². The van der Waals surface area contributed by atoms with E-state index in [0.29, 0.717) is 0 Å². The Balaban J connectivity index is 2.25. The highest BCUT2D eigenvalue weighted by molar-refractivity contribution is 7.03. The van der Waals surface area contributed by atoms with Gasteiger partial charge in [-0.25, -0.2) is 9.97 Å². The monoisotopic (exact) mass is 275 g/mol. The van der Waals surface area contributed by atoms with Crippen LogP contribution < -0.4 is 5.32 Å². The van der Waals surface area contributed by atoms with Gasteiger partial charge in [0.05, 0.1) is 0 Å². The highest BCUT2D eigenvalue weighted by Gasteiger charge is 2.14. The van der Waals surface area contributed by atoms with E-state index in [9.17, 15) is 4.79 Å². The molecule has 0 atom stereocenters. The van der Waals surface area contributed by atoms with Gasteiger partial charge in [-0.3, -0.25) is 4.79 Å². The second-order valence-corrected chi connectivity index (χ2v) is 3.90. The highest BCUT2D eigenvalue weighted by atomic mass is 35.5. The summed E-state index contributed by atoms with van der Waals surface area (Å²) in [6.07, 6.45) is 1.20. The number of halogens is 2.